The summed E-state index contributed by atoms with van der Waals surface area (Å²) in [6.45, 7) is 7.49. The number of hydrogen-bond acceptors (Lipinski definition) is 10. The number of allylic oxidation sites excluding steroid dienone is 4. The molecule has 0 spiro atoms. The fourth-order valence-electron chi connectivity index (χ4n) is 4.98. The van der Waals surface area contributed by atoms with E-state index in [0.29, 0.717) is 12.0 Å². The van der Waals surface area contributed by atoms with Crippen LogP contribution in [0.4, 0.5) is 4.79 Å². The molecule has 6 atom stereocenters. The van der Waals surface area contributed by atoms with Crippen molar-refractivity contribution in [1.82, 2.24) is 10.6 Å². The van der Waals surface area contributed by atoms with Crippen LogP contribution in [0.1, 0.15) is 40.5 Å². The third-order valence-electron chi connectivity index (χ3n) is 7.24. The van der Waals surface area contributed by atoms with E-state index in [1.807, 2.05) is 6.92 Å². The number of ketones is 2. The molecular formula is C30H44N4O8. The summed E-state index contributed by atoms with van der Waals surface area (Å²) >= 11 is 0. The maximum atomic E-state index is 13.5. The lowest BCUT2D eigenvalue weighted by Crippen LogP contribution is -2.38. The van der Waals surface area contributed by atoms with Gasteiger partial charge in [-0.05, 0) is 38.2 Å². The van der Waals surface area contributed by atoms with Crippen LogP contribution in [0, 0.1) is 11.8 Å². The summed E-state index contributed by atoms with van der Waals surface area (Å²) < 4.78 is 16.5. The van der Waals surface area contributed by atoms with E-state index in [-0.39, 0.29) is 48.0 Å². The number of amides is 2. The zero-order valence-electron chi connectivity index (χ0n) is 25.1. The Morgan fingerprint density at radius 2 is 1.86 bits per heavy atom. The summed E-state index contributed by atoms with van der Waals surface area (Å²) in [5, 5.41) is 16.7. The first-order valence-electron chi connectivity index (χ1n) is 13.9. The van der Waals surface area contributed by atoms with Gasteiger partial charge in [0.1, 0.15) is 6.10 Å². The fraction of sp³-hybridized carbons (Fsp3) is 0.533. The van der Waals surface area contributed by atoms with Gasteiger partial charge in [0.25, 0.3) is 5.91 Å². The molecule has 0 aromatic rings. The van der Waals surface area contributed by atoms with E-state index < -0.39 is 53.9 Å². The van der Waals surface area contributed by atoms with Gasteiger partial charge in [-0.2, -0.15) is 0 Å². The van der Waals surface area contributed by atoms with Crippen LogP contribution in [0.5, 0.6) is 0 Å². The minimum Gasteiger partial charge on any atom is -0.439 e. The zero-order valence-corrected chi connectivity index (χ0v) is 25.1. The second-order valence-corrected chi connectivity index (χ2v) is 10.6. The average molecular weight is 589 g/mol. The lowest BCUT2D eigenvalue weighted by molar-refractivity contribution is -0.120. The number of Topliss-reactive ketones (excluding diaryl/α,β-unsaturated/α-hetero) is 1. The molecule has 232 valence electrons. The number of nitrogens with two attached hydrogens (primary N) is 2. The quantitative estimate of drug-likeness (QED) is 0.223. The molecule has 1 aliphatic carbocycles. The highest BCUT2D eigenvalue weighted by molar-refractivity contribution is 6.23. The Balaban J connectivity index is 2.61. The standard InChI is InChI=1S/C30H44N4O8/c1-16-12-20-25(33-11-10-31)22(35)15-21(27(20)37)34-29(38)17(2)8-7-9-23(40-5)28(42-30(32)39)19(4)14-18(3)26(36)24(13-16)41-6/h7-9,14-16,18,23-24,26,28,33,36H,10-13,31H2,1-6H3,(H2,32,39)(H,34,38)/b9-7-,17-8+,19-14+/t16-,18+,23+,24+,26-,28+/m1/s1. The van der Waals surface area contributed by atoms with Crippen LogP contribution in [-0.4, -0.2) is 80.4 Å². The molecular weight excluding hydrogens is 544 g/mol. The minimum absolute atomic E-state index is 0.137. The Kier molecular flexibility index (Phi) is 13.3. The molecule has 0 saturated heterocycles. The number of methoxy groups -OCH3 is 2. The third kappa shape index (κ3) is 9.21. The van der Waals surface area contributed by atoms with Gasteiger partial charge in [0.2, 0.25) is 11.6 Å². The molecule has 12 nitrogen and oxygen atoms in total. The van der Waals surface area contributed by atoms with Gasteiger partial charge in [-0.1, -0.05) is 38.2 Å². The normalized spacial score (nSPS) is 31.7. The lowest BCUT2D eigenvalue weighted by atomic mass is 9.85. The molecule has 0 radical (unpaired) electrons. The van der Waals surface area contributed by atoms with E-state index in [2.05, 4.69) is 10.6 Å². The molecule has 0 saturated carbocycles. The summed E-state index contributed by atoms with van der Waals surface area (Å²) in [6.07, 6.45) is 3.72. The van der Waals surface area contributed by atoms with Crippen molar-refractivity contribution in [3.8, 4) is 0 Å². The predicted octanol–water partition coefficient (Wildman–Crippen LogP) is 1.31. The number of nitrogens with one attached hydrogen (secondary N) is 2. The van der Waals surface area contributed by atoms with Crippen molar-refractivity contribution in [3.05, 3.63) is 58.5 Å². The Morgan fingerprint density at radius 1 is 1.17 bits per heavy atom. The van der Waals surface area contributed by atoms with Crippen molar-refractivity contribution in [1.29, 1.82) is 0 Å². The Hall–Kier alpha value is -3.58. The Labute approximate surface area is 246 Å². The van der Waals surface area contributed by atoms with Gasteiger partial charge in [-0.15, -0.1) is 0 Å². The van der Waals surface area contributed by atoms with Gasteiger partial charge < -0.3 is 41.4 Å². The molecule has 7 N–H and O–H groups in total. The number of carbonyl (C=O) groups is 4. The smallest absolute Gasteiger partial charge is 0.405 e. The van der Waals surface area contributed by atoms with Crippen molar-refractivity contribution in [2.45, 2.75) is 65.0 Å². The van der Waals surface area contributed by atoms with Crippen molar-refractivity contribution in [2.24, 2.45) is 23.3 Å². The largest absolute Gasteiger partial charge is 0.439 e. The average Bonchev–Trinajstić information content (AvgIpc) is 2.94. The second-order valence-electron chi connectivity index (χ2n) is 10.6. The first-order chi connectivity index (χ1) is 19.8. The van der Waals surface area contributed by atoms with Crippen LogP contribution in [0.3, 0.4) is 0 Å². The summed E-state index contributed by atoms with van der Waals surface area (Å²) in [5.74, 6) is -2.17. The molecule has 0 aromatic heterocycles. The van der Waals surface area contributed by atoms with Crippen LogP contribution < -0.4 is 22.1 Å². The molecule has 0 unspecified atom stereocenters. The highest BCUT2D eigenvalue weighted by atomic mass is 16.6. The molecule has 2 aliphatic rings. The molecule has 2 amide bonds. The molecule has 1 aliphatic heterocycles. The van der Waals surface area contributed by atoms with Crippen LogP contribution in [-0.2, 0) is 28.6 Å². The maximum absolute atomic E-state index is 13.5. The molecule has 2 rings (SSSR count). The summed E-state index contributed by atoms with van der Waals surface area (Å²) in [5.41, 5.74) is 12.0. The first kappa shape index (κ1) is 34.6. The van der Waals surface area contributed by atoms with Gasteiger partial charge in [-0.3, -0.25) is 14.4 Å². The highest BCUT2D eigenvalue weighted by Gasteiger charge is 2.33. The summed E-state index contributed by atoms with van der Waals surface area (Å²) in [6, 6.07) is 0. The zero-order chi connectivity index (χ0) is 31.6. The molecule has 0 fully saturated rings. The van der Waals surface area contributed by atoms with Crippen LogP contribution in [0.25, 0.3) is 0 Å². The number of fused-ring (bicyclic) bond motifs is 2. The van der Waals surface area contributed by atoms with Gasteiger partial charge >= 0.3 is 6.09 Å². The van der Waals surface area contributed by atoms with Gasteiger partial charge in [0, 0.05) is 50.4 Å². The monoisotopic (exact) mass is 588 g/mol. The third-order valence-corrected chi connectivity index (χ3v) is 7.24. The van der Waals surface area contributed by atoms with E-state index in [1.54, 1.807) is 39.0 Å². The lowest BCUT2D eigenvalue weighted by Gasteiger charge is -2.30. The van der Waals surface area contributed by atoms with Crippen LogP contribution in [0.2, 0.25) is 0 Å². The Bertz CT molecular complexity index is 1190. The van der Waals surface area contributed by atoms with E-state index in [9.17, 15) is 24.3 Å². The van der Waals surface area contributed by atoms with Gasteiger partial charge in [0.05, 0.1) is 23.6 Å². The summed E-state index contributed by atoms with van der Waals surface area (Å²) in [4.78, 5) is 51.3. The van der Waals surface area contributed by atoms with E-state index in [4.69, 9.17) is 25.7 Å². The SMILES string of the molecule is CO[C@H]1/C=C\C=C(/C)C(=O)NC2=CC(=O)C(NCCN)=C(C[C@@H](C)C[C@H](OC)[C@H](O)[C@@H](C)/C=C(\C)[C@@H]1OC(N)=O)C2=O. The van der Waals surface area contributed by atoms with Crippen molar-refractivity contribution in [3.63, 3.8) is 0 Å². The van der Waals surface area contributed by atoms with Crippen molar-refractivity contribution < 1.29 is 38.5 Å². The Morgan fingerprint density at radius 3 is 2.45 bits per heavy atom. The van der Waals surface area contributed by atoms with E-state index in [1.165, 1.54) is 20.3 Å². The van der Waals surface area contributed by atoms with Gasteiger partial charge in [0.15, 0.2) is 6.10 Å². The minimum atomic E-state index is -1.00. The number of aliphatic hydroxyl groups excluding tert-OH is 1. The number of primary amides is 1. The fourth-order valence-corrected chi connectivity index (χ4v) is 4.98. The molecule has 0 aromatic carbocycles. The first-order valence-corrected chi connectivity index (χ1v) is 13.9. The second kappa shape index (κ2) is 16.2. The molecule has 1 heterocycles. The van der Waals surface area contributed by atoms with Crippen molar-refractivity contribution in [2.75, 3.05) is 27.3 Å². The van der Waals surface area contributed by atoms with Crippen molar-refractivity contribution >= 4 is 23.6 Å². The topological polar surface area (TPSA) is 192 Å². The van der Waals surface area contributed by atoms with E-state index in [0.717, 1.165) is 6.08 Å². The summed E-state index contributed by atoms with van der Waals surface area (Å²) in [7, 11) is 2.91. The van der Waals surface area contributed by atoms with E-state index >= 15 is 0 Å². The predicted molar refractivity (Wildman–Crippen MR) is 157 cm³/mol. The number of rotatable bonds is 6. The van der Waals surface area contributed by atoms with Crippen LogP contribution in [0.15, 0.2) is 58.5 Å². The highest BCUT2D eigenvalue weighted by Crippen LogP contribution is 2.28. The van der Waals surface area contributed by atoms with Crippen LogP contribution >= 0.6 is 0 Å². The molecule has 12 heteroatoms. The maximum Gasteiger partial charge on any atom is 0.405 e. The molecule has 42 heavy (non-hydrogen) atoms. The number of hydrogen-bond donors (Lipinski definition) is 5. The number of carbonyl (C=O) groups excluding carboxylic acids is 4. The van der Waals surface area contributed by atoms with Gasteiger partial charge in [-0.25, -0.2) is 4.79 Å². The number of ether oxygens (including phenoxy) is 3. The molecule has 2 bridgehead atoms. The number of aliphatic hydroxyl groups is 1.